The van der Waals surface area contributed by atoms with Crippen molar-refractivity contribution < 1.29 is 32.6 Å². The zero-order chi connectivity index (χ0) is 24.3. The molecule has 1 aliphatic rings. The summed E-state index contributed by atoms with van der Waals surface area (Å²) < 4.78 is 35.6. The summed E-state index contributed by atoms with van der Waals surface area (Å²) in [5, 5.41) is 23.2. The minimum Gasteiger partial charge on any atom is -0.504 e. The van der Waals surface area contributed by atoms with Crippen LogP contribution in [0.2, 0.25) is 0 Å². The van der Waals surface area contributed by atoms with Gasteiger partial charge in [-0.05, 0) is 37.5 Å². The van der Waals surface area contributed by atoms with E-state index in [0.29, 0.717) is 31.5 Å². The molecule has 0 radical (unpaired) electrons. The molecule has 1 fully saturated rings. The summed E-state index contributed by atoms with van der Waals surface area (Å²) in [6, 6.07) is 5.42. The minimum absolute atomic E-state index is 0.0604. The molecule has 1 amide bonds. The smallest absolute Gasteiger partial charge is 0.227 e. The van der Waals surface area contributed by atoms with E-state index in [-0.39, 0.29) is 41.4 Å². The van der Waals surface area contributed by atoms with Gasteiger partial charge in [-0.1, -0.05) is 6.07 Å². The average molecular weight is 481 g/mol. The number of hydrogen-bond acceptors (Lipinski definition) is 8. The Bertz CT molecular complexity index is 1180. The normalized spacial score (nSPS) is 16.3. The van der Waals surface area contributed by atoms with Crippen LogP contribution in [0.25, 0.3) is 0 Å². The van der Waals surface area contributed by atoms with Crippen LogP contribution in [0.5, 0.6) is 17.2 Å². The number of carbonyl (C=O) groups excluding carboxylic acids is 1. The maximum Gasteiger partial charge on any atom is 0.227 e. The number of sulfonamides is 1. The number of phenols is 1. The van der Waals surface area contributed by atoms with Crippen LogP contribution in [0.3, 0.4) is 0 Å². The highest BCUT2D eigenvalue weighted by molar-refractivity contribution is 7.88. The van der Waals surface area contributed by atoms with Gasteiger partial charge in [0.15, 0.2) is 17.3 Å². The molecular weight excluding hydrogens is 452 g/mol. The van der Waals surface area contributed by atoms with Gasteiger partial charge in [-0.15, -0.1) is 0 Å². The van der Waals surface area contributed by atoms with E-state index in [2.05, 4.69) is 5.32 Å². The molecule has 0 spiro atoms. The molecule has 0 aliphatic carbocycles. The van der Waals surface area contributed by atoms with E-state index in [1.165, 1.54) is 23.5 Å². The van der Waals surface area contributed by atoms with E-state index in [4.69, 9.17) is 9.15 Å². The zero-order valence-corrected chi connectivity index (χ0v) is 19.5. The lowest BCUT2D eigenvalue weighted by atomic mass is 9.91. The first-order valence-corrected chi connectivity index (χ1v) is 12.3. The van der Waals surface area contributed by atoms with Gasteiger partial charge >= 0.3 is 0 Å². The Morgan fingerprint density at radius 3 is 2.55 bits per heavy atom. The lowest BCUT2D eigenvalue weighted by Gasteiger charge is -2.31. The Balaban J connectivity index is 1.85. The molecule has 180 valence electrons. The van der Waals surface area contributed by atoms with Crippen LogP contribution in [-0.4, -0.2) is 61.3 Å². The molecule has 11 heteroatoms. The Kier molecular flexibility index (Phi) is 7.33. The Morgan fingerprint density at radius 2 is 1.94 bits per heavy atom. The summed E-state index contributed by atoms with van der Waals surface area (Å²) in [7, 11) is -1.89. The highest BCUT2D eigenvalue weighted by Crippen LogP contribution is 2.37. The van der Waals surface area contributed by atoms with Gasteiger partial charge in [0, 0.05) is 31.6 Å². The molecule has 10 nitrogen and oxygen atoms in total. The van der Waals surface area contributed by atoms with E-state index in [1.807, 2.05) is 0 Å². The number of amides is 1. The second-order valence-corrected chi connectivity index (χ2v) is 10.1. The lowest BCUT2D eigenvalue weighted by molar-refractivity contribution is -0.122. The van der Waals surface area contributed by atoms with Crippen molar-refractivity contribution in [2.45, 2.75) is 38.1 Å². The first-order valence-electron chi connectivity index (χ1n) is 10.4. The maximum atomic E-state index is 12.9. The van der Waals surface area contributed by atoms with Gasteiger partial charge in [-0.2, -0.15) is 0 Å². The summed E-state index contributed by atoms with van der Waals surface area (Å²) in [5.41, 5.74) is -0.131. The van der Waals surface area contributed by atoms with E-state index < -0.39 is 27.1 Å². The molecule has 2 heterocycles. The van der Waals surface area contributed by atoms with Crippen LogP contribution in [0.15, 0.2) is 33.5 Å². The molecule has 0 bridgehead atoms. The van der Waals surface area contributed by atoms with Crippen molar-refractivity contribution in [2.24, 2.45) is 0 Å². The number of methoxy groups -OCH3 is 1. The molecule has 33 heavy (non-hydrogen) atoms. The SMILES string of the molecule is COc1cc([C@@H](CC(=O)NC2CCN(S(C)(=O)=O)CC2)c2oc(C)cc(=O)c2O)ccc1O. The van der Waals surface area contributed by atoms with Gasteiger partial charge in [-0.3, -0.25) is 9.59 Å². The quantitative estimate of drug-likeness (QED) is 0.539. The molecule has 1 aliphatic heterocycles. The van der Waals surface area contributed by atoms with Gasteiger partial charge in [-0.25, -0.2) is 12.7 Å². The van der Waals surface area contributed by atoms with Crippen molar-refractivity contribution in [1.29, 1.82) is 0 Å². The van der Waals surface area contributed by atoms with Crippen molar-refractivity contribution in [1.82, 2.24) is 9.62 Å². The summed E-state index contributed by atoms with van der Waals surface area (Å²) in [5.74, 6) is -1.49. The van der Waals surface area contributed by atoms with E-state index >= 15 is 0 Å². The summed E-state index contributed by atoms with van der Waals surface area (Å²) in [6.45, 7) is 2.19. The molecular formula is C22H28N2O8S. The highest BCUT2D eigenvalue weighted by atomic mass is 32.2. The Labute approximate surface area is 191 Å². The first-order chi connectivity index (χ1) is 15.5. The van der Waals surface area contributed by atoms with E-state index in [1.54, 1.807) is 13.0 Å². The van der Waals surface area contributed by atoms with Crippen molar-refractivity contribution in [2.75, 3.05) is 26.5 Å². The Hall–Kier alpha value is -3.05. The molecule has 2 aromatic rings. The van der Waals surface area contributed by atoms with Crippen LogP contribution in [0.1, 0.15) is 42.3 Å². The number of piperidine rings is 1. The molecule has 1 aromatic carbocycles. The number of phenolic OH excluding ortho intramolecular Hbond substituents is 1. The van der Waals surface area contributed by atoms with E-state index in [0.717, 1.165) is 12.3 Å². The number of aryl methyl sites for hydroxylation is 1. The molecule has 1 atom stereocenters. The summed E-state index contributed by atoms with van der Waals surface area (Å²) in [6.07, 6.45) is 1.95. The van der Waals surface area contributed by atoms with Gasteiger partial charge in [0.1, 0.15) is 5.76 Å². The highest BCUT2D eigenvalue weighted by Gasteiger charge is 2.29. The van der Waals surface area contributed by atoms with Gasteiger partial charge in [0.05, 0.1) is 19.3 Å². The fourth-order valence-corrected chi connectivity index (χ4v) is 4.81. The minimum atomic E-state index is -3.27. The average Bonchev–Trinajstić information content (AvgIpc) is 2.75. The number of nitrogens with one attached hydrogen (secondary N) is 1. The predicted octanol–water partition coefficient (Wildman–Crippen LogP) is 1.43. The van der Waals surface area contributed by atoms with Crippen molar-refractivity contribution in [3.8, 4) is 17.2 Å². The number of rotatable bonds is 7. The maximum absolute atomic E-state index is 12.9. The van der Waals surface area contributed by atoms with E-state index in [9.17, 15) is 28.2 Å². The van der Waals surface area contributed by atoms with Gasteiger partial charge in [0.25, 0.3) is 0 Å². The van der Waals surface area contributed by atoms with Crippen molar-refractivity contribution in [3.63, 3.8) is 0 Å². The first kappa shape index (κ1) is 24.6. The second-order valence-electron chi connectivity index (χ2n) is 8.13. The van der Waals surface area contributed by atoms with Gasteiger partial charge in [0.2, 0.25) is 27.1 Å². The molecule has 0 unspecified atom stereocenters. The zero-order valence-electron chi connectivity index (χ0n) is 18.7. The topological polar surface area (TPSA) is 146 Å². The monoisotopic (exact) mass is 480 g/mol. The van der Waals surface area contributed by atoms with Crippen LogP contribution in [0.4, 0.5) is 0 Å². The number of hydrogen-bond donors (Lipinski definition) is 3. The lowest BCUT2D eigenvalue weighted by Crippen LogP contribution is -2.46. The van der Waals surface area contributed by atoms with Crippen LogP contribution < -0.4 is 15.5 Å². The number of aromatic hydroxyl groups is 2. The second kappa shape index (κ2) is 9.84. The van der Waals surface area contributed by atoms with Crippen LogP contribution in [0, 0.1) is 6.92 Å². The number of ether oxygens (including phenoxy) is 1. The predicted molar refractivity (Wildman–Crippen MR) is 120 cm³/mol. The molecule has 3 N–H and O–H groups in total. The fourth-order valence-electron chi connectivity index (χ4n) is 3.94. The molecule has 3 rings (SSSR count). The standard InChI is InChI=1S/C22H28N2O8S/c1-13-10-18(26)21(28)22(32-13)16(14-4-5-17(25)19(11-14)31-2)12-20(27)23-15-6-8-24(9-7-15)33(3,29)30/h4-5,10-11,15-16,25,28H,6-9,12H2,1-3H3,(H,23,27)/t16-/m1/s1. The number of nitrogens with zero attached hydrogens (tertiary/aromatic N) is 1. The van der Waals surface area contributed by atoms with Crippen LogP contribution >= 0.6 is 0 Å². The fraction of sp³-hybridized carbons (Fsp3) is 0.455. The molecule has 1 aromatic heterocycles. The third-order valence-electron chi connectivity index (χ3n) is 5.67. The van der Waals surface area contributed by atoms with Crippen molar-refractivity contribution in [3.05, 3.63) is 51.6 Å². The Morgan fingerprint density at radius 1 is 1.27 bits per heavy atom. The van der Waals surface area contributed by atoms with Crippen LogP contribution in [-0.2, 0) is 14.8 Å². The van der Waals surface area contributed by atoms with Crippen molar-refractivity contribution >= 4 is 15.9 Å². The molecule has 1 saturated heterocycles. The third kappa shape index (κ3) is 5.85. The molecule has 0 saturated carbocycles. The largest absolute Gasteiger partial charge is 0.504 e. The summed E-state index contributed by atoms with van der Waals surface area (Å²) >= 11 is 0. The number of carbonyl (C=O) groups is 1. The van der Waals surface area contributed by atoms with Gasteiger partial charge < -0.3 is 24.7 Å². The number of benzene rings is 1. The third-order valence-corrected chi connectivity index (χ3v) is 6.98. The summed E-state index contributed by atoms with van der Waals surface area (Å²) in [4.78, 5) is 25.1.